The molecule has 1 amide bonds. The summed E-state index contributed by atoms with van der Waals surface area (Å²) in [7, 11) is 0.598. The van der Waals surface area contributed by atoms with E-state index >= 15 is 0 Å². The Kier molecular flexibility index (Phi) is 4.81. The van der Waals surface area contributed by atoms with Gasteiger partial charge in [-0.1, -0.05) is 0 Å². The number of carbonyl (C=O) groups is 1. The van der Waals surface area contributed by atoms with Gasteiger partial charge in [-0.3, -0.25) is 9.48 Å². The van der Waals surface area contributed by atoms with Gasteiger partial charge in [0, 0.05) is 37.6 Å². The van der Waals surface area contributed by atoms with Crippen LogP contribution in [0, 0.1) is 20.8 Å². The molecule has 1 atom stereocenters. The van der Waals surface area contributed by atoms with Gasteiger partial charge in [-0.2, -0.15) is 5.10 Å². The van der Waals surface area contributed by atoms with Crippen LogP contribution in [0.1, 0.15) is 35.4 Å². The number of rotatable bonds is 4. The second kappa shape index (κ2) is 6.64. The fourth-order valence-electron chi connectivity index (χ4n) is 3.92. The van der Waals surface area contributed by atoms with Crippen LogP contribution in [-0.2, 0) is 28.1 Å². The minimum absolute atomic E-state index is 0.0195. The van der Waals surface area contributed by atoms with Gasteiger partial charge in [-0.05, 0) is 44.7 Å². The fourth-order valence-corrected chi connectivity index (χ4v) is 5.70. The Bertz CT molecular complexity index is 978. The minimum atomic E-state index is -2.99. The number of hydrogen-bond donors (Lipinski definition) is 0. The maximum absolute atomic E-state index is 12.6. The lowest BCUT2D eigenvalue weighted by Gasteiger charge is -2.23. The predicted molar refractivity (Wildman–Crippen MR) is 101 cm³/mol. The SMILES string of the molecule is Cc1nc2c(c(C)nn2C)c(C)c1CCC(=O)N(C)[C@H]1CCS(=O)(=O)C1. The van der Waals surface area contributed by atoms with Crippen LogP contribution in [0.15, 0.2) is 0 Å². The largest absolute Gasteiger partial charge is 0.342 e. The number of amides is 1. The van der Waals surface area contributed by atoms with E-state index in [9.17, 15) is 13.2 Å². The first-order valence-electron chi connectivity index (χ1n) is 8.86. The van der Waals surface area contributed by atoms with Gasteiger partial charge in [-0.25, -0.2) is 13.4 Å². The van der Waals surface area contributed by atoms with Gasteiger partial charge < -0.3 is 4.90 Å². The van der Waals surface area contributed by atoms with E-state index in [2.05, 4.69) is 17.0 Å². The summed E-state index contributed by atoms with van der Waals surface area (Å²) < 4.78 is 25.1. The molecule has 1 aliphatic heterocycles. The lowest BCUT2D eigenvalue weighted by molar-refractivity contribution is -0.131. The number of aryl methyl sites for hydroxylation is 4. The molecular weight excluding hydrogens is 352 g/mol. The monoisotopic (exact) mass is 378 g/mol. The number of fused-ring (bicyclic) bond motifs is 1. The summed E-state index contributed by atoms with van der Waals surface area (Å²) in [6.07, 6.45) is 1.48. The van der Waals surface area contributed by atoms with E-state index in [1.54, 1.807) is 16.6 Å². The second-order valence-corrected chi connectivity index (χ2v) is 9.50. The summed E-state index contributed by atoms with van der Waals surface area (Å²) in [4.78, 5) is 18.8. The summed E-state index contributed by atoms with van der Waals surface area (Å²) in [5.74, 6) is 0.235. The van der Waals surface area contributed by atoms with Crippen molar-refractivity contribution in [2.24, 2.45) is 7.05 Å². The quantitative estimate of drug-likeness (QED) is 0.804. The zero-order valence-corrected chi connectivity index (χ0v) is 16.9. The topological polar surface area (TPSA) is 85.2 Å². The van der Waals surface area contributed by atoms with Crippen molar-refractivity contribution in [2.75, 3.05) is 18.6 Å². The second-order valence-electron chi connectivity index (χ2n) is 7.27. The summed E-state index contributed by atoms with van der Waals surface area (Å²) in [6.45, 7) is 5.98. The Morgan fingerprint density at radius 2 is 1.96 bits per heavy atom. The van der Waals surface area contributed by atoms with Gasteiger partial charge in [0.25, 0.3) is 0 Å². The maximum Gasteiger partial charge on any atom is 0.222 e. The molecule has 26 heavy (non-hydrogen) atoms. The van der Waals surface area contributed by atoms with Crippen LogP contribution in [0.5, 0.6) is 0 Å². The van der Waals surface area contributed by atoms with Crippen LogP contribution in [-0.4, -0.2) is 58.6 Å². The van der Waals surface area contributed by atoms with Crippen LogP contribution in [0.4, 0.5) is 0 Å². The first-order chi connectivity index (χ1) is 12.1. The number of pyridine rings is 1. The number of sulfone groups is 1. The Morgan fingerprint density at radius 3 is 2.58 bits per heavy atom. The van der Waals surface area contributed by atoms with Gasteiger partial charge in [0.1, 0.15) is 0 Å². The molecule has 8 heteroatoms. The normalized spacial score (nSPS) is 19.2. The van der Waals surface area contributed by atoms with Crippen LogP contribution < -0.4 is 0 Å². The van der Waals surface area contributed by atoms with Crippen LogP contribution >= 0.6 is 0 Å². The van der Waals surface area contributed by atoms with Crippen molar-refractivity contribution in [3.05, 3.63) is 22.5 Å². The summed E-state index contributed by atoms with van der Waals surface area (Å²) in [5.41, 5.74) is 4.91. The summed E-state index contributed by atoms with van der Waals surface area (Å²) in [5, 5.41) is 5.50. The molecule has 1 saturated heterocycles. The molecular formula is C18H26N4O3S. The molecule has 2 aromatic rings. The molecule has 1 aliphatic rings. The molecule has 7 nitrogen and oxygen atoms in total. The van der Waals surface area contributed by atoms with Gasteiger partial charge in [0.05, 0.1) is 17.2 Å². The van der Waals surface area contributed by atoms with Crippen LogP contribution in [0.25, 0.3) is 11.0 Å². The molecule has 3 heterocycles. The summed E-state index contributed by atoms with van der Waals surface area (Å²) >= 11 is 0. The van der Waals surface area contributed by atoms with E-state index in [0.717, 1.165) is 33.5 Å². The zero-order chi connectivity index (χ0) is 19.2. The third-order valence-corrected chi connectivity index (χ3v) is 7.22. The van der Waals surface area contributed by atoms with Crippen molar-refractivity contribution in [1.82, 2.24) is 19.7 Å². The smallest absolute Gasteiger partial charge is 0.222 e. The first-order valence-corrected chi connectivity index (χ1v) is 10.7. The van der Waals surface area contributed by atoms with Crippen molar-refractivity contribution in [1.29, 1.82) is 0 Å². The molecule has 0 spiro atoms. The number of aromatic nitrogens is 3. The lowest BCUT2D eigenvalue weighted by Crippen LogP contribution is -2.38. The van der Waals surface area contributed by atoms with Crippen molar-refractivity contribution in [3.8, 4) is 0 Å². The maximum atomic E-state index is 12.6. The van der Waals surface area contributed by atoms with Crippen molar-refractivity contribution < 1.29 is 13.2 Å². The van der Waals surface area contributed by atoms with E-state index in [4.69, 9.17) is 0 Å². The molecule has 0 N–H and O–H groups in total. The van der Waals surface area contributed by atoms with Gasteiger partial charge >= 0.3 is 0 Å². The Balaban J connectivity index is 1.77. The number of carbonyl (C=O) groups excluding carboxylic acids is 1. The molecule has 142 valence electrons. The van der Waals surface area contributed by atoms with Crippen LogP contribution in [0.2, 0.25) is 0 Å². The fraction of sp³-hybridized carbons (Fsp3) is 0.611. The van der Waals surface area contributed by atoms with Crippen molar-refractivity contribution >= 4 is 26.8 Å². The standard InChI is InChI=1S/C18H26N4O3S/c1-11-15(12(2)19-18-17(11)13(3)20-22(18)5)6-7-16(23)21(4)14-8-9-26(24,25)10-14/h14H,6-10H2,1-5H3/t14-/m0/s1. The van der Waals surface area contributed by atoms with Gasteiger partial charge in [-0.15, -0.1) is 0 Å². The third kappa shape index (κ3) is 3.34. The molecule has 0 unspecified atom stereocenters. The molecule has 3 rings (SSSR count). The van der Waals surface area contributed by atoms with Gasteiger partial charge in [0.15, 0.2) is 15.5 Å². The molecule has 0 aromatic carbocycles. The minimum Gasteiger partial charge on any atom is -0.342 e. The highest BCUT2D eigenvalue weighted by Crippen LogP contribution is 2.26. The predicted octanol–water partition coefficient (Wildman–Crippen LogP) is 1.47. The van der Waals surface area contributed by atoms with Crippen molar-refractivity contribution in [2.45, 2.75) is 46.1 Å². The highest BCUT2D eigenvalue weighted by Gasteiger charge is 2.32. The Labute approximate surface area is 154 Å². The van der Waals surface area contributed by atoms with E-state index in [1.807, 2.05) is 20.9 Å². The molecule has 0 radical (unpaired) electrons. The van der Waals surface area contributed by atoms with E-state index in [1.165, 1.54) is 0 Å². The van der Waals surface area contributed by atoms with E-state index < -0.39 is 9.84 Å². The molecule has 0 saturated carbocycles. The van der Waals surface area contributed by atoms with Gasteiger partial charge in [0.2, 0.25) is 5.91 Å². The van der Waals surface area contributed by atoms with E-state index in [0.29, 0.717) is 19.3 Å². The number of nitrogens with zero attached hydrogens (tertiary/aromatic N) is 4. The summed E-state index contributed by atoms with van der Waals surface area (Å²) in [6, 6.07) is -0.198. The molecule has 0 bridgehead atoms. The lowest BCUT2D eigenvalue weighted by atomic mass is 9.99. The molecule has 0 aliphatic carbocycles. The molecule has 1 fully saturated rings. The first kappa shape index (κ1) is 18.8. The number of hydrogen-bond acceptors (Lipinski definition) is 5. The highest BCUT2D eigenvalue weighted by atomic mass is 32.2. The average molecular weight is 378 g/mol. The Morgan fingerprint density at radius 1 is 1.27 bits per heavy atom. The molecule has 2 aromatic heterocycles. The third-order valence-electron chi connectivity index (χ3n) is 5.47. The zero-order valence-electron chi connectivity index (χ0n) is 16.0. The van der Waals surface area contributed by atoms with E-state index in [-0.39, 0.29) is 23.5 Å². The highest BCUT2D eigenvalue weighted by molar-refractivity contribution is 7.91. The van der Waals surface area contributed by atoms with Crippen molar-refractivity contribution in [3.63, 3.8) is 0 Å². The van der Waals surface area contributed by atoms with Crippen LogP contribution in [0.3, 0.4) is 0 Å². The Hall–Kier alpha value is -1.96. The average Bonchev–Trinajstić information content (AvgIpc) is 3.05.